The highest BCUT2D eigenvalue weighted by Crippen LogP contribution is 2.09. The molecule has 1 rings (SSSR count). The predicted octanol–water partition coefficient (Wildman–Crippen LogP) is 3.43. The monoisotopic (exact) mass is 264 g/mol. The molecule has 1 atom stereocenters. The number of rotatable bonds is 8. The van der Waals surface area contributed by atoms with Crippen LogP contribution in [0.3, 0.4) is 0 Å². The molecule has 1 aromatic rings. The highest BCUT2D eigenvalue weighted by atomic mass is 16.5. The number of carbonyl (C=O) groups excluding carboxylic acids is 1. The molecule has 0 aliphatic carbocycles. The summed E-state index contributed by atoms with van der Waals surface area (Å²) in [5.41, 5.74) is 0.917. The van der Waals surface area contributed by atoms with Crippen molar-refractivity contribution in [3.05, 3.63) is 24.0 Å². The molecular weight excluding hydrogens is 240 g/mol. The maximum atomic E-state index is 11.7. The van der Waals surface area contributed by atoms with Crippen molar-refractivity contribution in [2.24, 2.45) is 0 Å². The second-order valence-corrected chi connectivity index (χ2v) is 4.57. The zero-order chi connectivity index (χ0) is 14.1. The maximum absolute atomic E-state index is 11.7. The SMILES string of the molecule is CCCCC(CC)OC(=O)/C=C/c1cnn(CC)c1. The number of hydrogen-bond acceptors (Lipinski definition) is 3. The molecule has 0 aliphatic heterocycles. The molecule has 0 aromatic carbocycles. The lowest BCUT2D eigenvalue weighted by molar-refractivity contribution is -0.143. The summed E-state index contributed by atoms with van der Waals surface area (Å²) in [6.07, 6.45) is 10.9. The second kappa shape index (κ2) is 8.51. The Kier molecular flexibility index (Phi) is 6.93. The van der Waals surface area contributed by atoms with E-state index in [1.54, 1.807) is 12.3 Å². The second-order valence-electron chi connectivity index (χ2n) is 4.57. The smallest absolute Gasteiger partial charge is 0.331 e. The summed E-state index contributed by atoms with van der Waals surface area (Å²) < 4.78 is 7.22. The van der Waals surface area contributed by atoms with Crippen LogP contribution in [-0.4, -0.2) is 21.9 Å². The molecule has 4 nitrogen and oxygen atoms in total. The third-order valence-corrected chi connectivity index (χ3v) is 3.01. The number of hydrogen-bond donors (Lipinski definition) is 0. The van der Waals surface area contributed by atoms with Crippen molar-refractivity contribution in [1.82, 2.24) is 9.78 Å². The maximum Gasteiger partial charge on any atom is 0.331 e. The molecule has 106 valence electrons. The van der Waals surface area contributed by atoms with Gasteiger partial charge in [-0.05, 0) is 25.8 Å². The predicted molar refractivity (Wildman–Crippen MR) is 76.6 cm³/mol. The van der Waals surface area contributed by atoms with Crippen LogP contribution in [0.1, 0.15) is 52.0 Å². The van der Waals surface area contributed by atoms with Gasteiger partial charge in [0, 0.05) is 24.4 Å². The first-order chi connectivity index (χ1) is 9.19. The van der Waals surface area contributed by atoms with Crippen molar-refractivity contribution in [3.8, 4) is 0 Å². The van der Waals surface area contributed by atoms with Crippen molar-refractivity contribution in [2.45, 2.75) is 59.1 Å². The average Bonchev–Trinajstić information content (AvgIpc) is 2.89. The molecule has 0 spiro atoms. The van der Waals surface area contributed by atoms with Gasteiger partial charge in [0.15, 0.2) is 0 Å². The quantitative estimate of drug-likeness (QED) is 0.533. The molecule has 0 radical (unpaired) electrons. The number of esters is 1. The molecule has 0 fully saturated rings. The lowest BCUT2D eigenvalue weighted by Crippen LogP contribution is -2.15. The van der Waals surface area contributed by atoms with Gasteiger partial charge in [-0.1, -0.05) is 26.7 Å². The van der Waals surface area contributed by atoms with Gasteiger partial charge >= 0.3 is 5.97 Å². The summed E-state index contributed by atoms with van der Waals surface area (Å²) in [5.74, 6) is -0.271. The van der Waals surface area contributed by atoms with Crippen LogP contribution >= 0.6 is 0 Å². The zero-order valence-corrected chi connectivity index (χ0v) is 12.1. The number of nitrogens with zero attached hydrogens (tertiary/aromatic N) is 2. The first kappa shape index (κ1) is 15.5. The molecule has 1 aromatic heterocycles. The highest BCUT2D eigenvalue weighted by molar-refractivity contribution is 5.87. The van der Waals surface area contributed by atoms with E-state index in [1.165, 1.54) is 6.08 Å². The van der Waals surface area contributed by atoms with Gasteiger partial charge in [0.25, 0.3) is 0 Å². The molecule has 19 heavy (non-hydrogen) atoms. The van der Waals surface area contributed by atoms with E-state index in [-0.39, 0.29) is 12.1 Å². The topological polar surface area (TPSA) is 44.1 Å². The summed E-state index contributed by atoms with van der Waals surface area (Å²) in [6, 6.07) is 0. The Morgan fingerprint density at radius 2 is 2.26 bits per heavy atom. The van der Waals surface area contributed by atoms with Gasteiger partial charge in [-0.25, -0.2) is 4.79 Å². The van der Waals surface area contributed by atoms with E-state index >= 15 is 0 Å². The van der Waals surface area contributed by atoms with E-state index in [9.17, 15) is 4.79 Å². The Morgan fingerprint density at radius 3 is 2.84 bits per heavy atom. The molecule has 4 heteroatoms. The number of aromatic nitrogens is 2. The standard InChI is InChI=1S/C15H24N2O2/c1-4-7-8-14(5-2)19-15(18)10-9-13-11-16-17(6-3)12-13/h9-12,14H,4-8H2,1-3H3/b10-9+. The van der Waals surface area contributed by atoms with E-state index in [0.717, 1.165) is 37.8 Å². The summed E-state index contributed by atoms with van der Waals surface area (Å²) in [5, 5.41) is 4.14. The third-order valence-electron chi connectivity index (χ3n) is 3.01. The van der Waals surface area contributed by atoms with Gasteiger partial charge in [0.2, 0.25) is 0 Å². The van der Waals surface area contributed by atoms with E-state index in [1.807, 2.05) is 24.7 Å². The zero-order valence-electron chi connectivity index (χ0n) is 12.1. The molecule has 1 unspecified atom stereocenters. The molecular formula is C15H24N2O2. The Hall–Kier alpha value is -1.58. The normalized spacial score (nSPS) is 12.8. The van der Waals surface area contributed by atoms with Crippen LogP contribution in [0.15, 0.2) is 18.5 Å². The van der Waals surface area contributed by atoms with Crippen molar-refractivity contribution >= 4 is 12.0 Å². The Morgan fingerprint density at radius 1 is 1.47 bits per heavy atom. The van der Waals surface area contributed by atoms with Crippen molar-refractivity contribution < 1.29 is 9.53 Å². The van der Waals surface area contributed by atoms with Crippen molar-refractivity contribution in [1.29, 1.82) is 0 Å². The van der Waals surface area contributed by atoms with Gasteiger partial charge in [0.05, 0.1) is 6.20 Å². The van der Waals surface area contributed by atoms with Gasteiger partial charge < -0.3 is 4.74 Å². The summed E-state index contributed by atoms with van der Waals surface area (Å²) >= 11 is 0. The largest absolute Gasteiger partial charge is 0.459 e. The fourth-order valence-electron chi connectivity index (χ4n) is 1.78. The van der Waals surface area contributed by atoms with Gasteiger partial charge in [-0.2, -0.15) is 5.10 Å². The van der Waals surface area contributed by atoms with E-state index in [2.05, 4.69) is 12.0 Å². The van der Waals surface area contributed by atoms with Crippen LogP contribution in [0, 0.1) is 0 Å². The molecule has 0 bridgehead atoms. The van der Waals surface area contributed by atoms with E-state index in [0.29, 0.717) is 0 Å². The Labute approximate surface area is 115 Å². The minimum atomic E-state index is -0.271. The lowest BCUT2D eigenvalue weighted by Gasteiger charge is -2.14. The first-order valence-electron chi connectivity index (χ1n) is 7.10. The molecule has 0 N–H and O–H groups in total. The number of aryl methyl sites for hydroxylation is 1. The van der Waals surface area contributed by atoms with Crippen molar-refractivity contribution in [3.63, 3.8) is 0 Å². The van der Waals surface area contributed by atoms with Crippen LogP contribution in [0.2, 0.25) is 0 Å². The number of unbranched alkanes of at least 4 members (excludes halogenated alkanes) is 1. The summed E-state index contributed by atoms with van der Waals surface area (Å²) in [4.78, 5) is 11.7. The minimum Gasteiger partial charge on any atom is -0.459 e. The minimum absolute atomic E-state index is 0.0375. The summed E-state index contributed by atoms with van der Waals surface area (Å²) in [7, 11) is 0. The fourth-order valence-corrected chi connectivity index (χ4v) is 1.78. The lowest BCUT2D eigenvalue weighted by atomic mass is 10.1. The Balaban J connectivity index is 2.44. The van der Waals surface area contributed by atoms with Crippen LogP contribution in [0.25, 0.3) is 6.08 Å². The van der Waals surface area contributed by atoms with Gasteiger partial charge in [0.1, 0.15) is 6.10 Å². The highest BCUT2D eigenvalue weighted by Gasteiger charge is 2.09. The molecule has 0 saturated heterocycles. The van der Waals surface area contributed by atoms with E-state index in [4.69, 9.17) is 4.74 Å². The van der Waals surface area contributed by atoms with Crippen LogP contribution in [-0.2, 0) is 16.1 Å². The van der Waals surface area contributed by atoms with Crippen LogP contribution < -0.4 is 0 Å². The first-order valence-corrected chi connectivity index (χ1v) is 7.10. The third kappa shape index (κ3) is 5.73. The molecule has 0 aliphatic rings. The number of carbonyl (C=O) groups is 1. The molecule has 0 amide bonds. The van der Waals surface area contributed by atoms with Gasteiger partial charge in [-0.3, -0.25) is 4.68 Å². The average molecular weight is 264 g/mol. The van der Waals surface area contributed by atoms with Crippen LogP contribution in [0.4, 0.5) is 0 Å². The van der Waals surface area contributed by atoms with Crippen LogP contribution in [0.5, 0.6) is 0 Å². The van der Waals surface area contributed by atoms with Gasteiger partial charge in [-0.15, -0.1) is 0 Å². The molecule has 0 saturated carbocycles. The number of ether oxygens (including phenoxy) is 1. The van der Waals surface area contributed by atoms with E-state index < -0.39 is 0 Å². The summed E-state index contributed by atoms with van der Waals surface area (Å²) in [6.45, 7) is 7.03. The Bertz CT molecular complexity index is 410. The fraction of sp³-hybridized carbons (Fsp3) is 0.600. The van der Waals surface area contributed by atoms with Crippen molar-refractivity contribution in [2.75, 3.05) is 0 Å². The molecule has 1 heterocycles.